The summed E-state index contributed by atoms with van der Waals surface area (Å²) in [5, 5.41) is 14.1. The maximum Gasteiger partial charge on any atom is 0.289 e. The van der Waals surface area contributed by atoms with Gasteiger partial charge in [0.05, 0.1) is 4.88 Å². The van der Waals surface area contributed by atoms with Crippen molar-refractivity contribution in [1.82, 2.24) is 9.24 Å². The molecule has 1 fully saturated rings. The van der Waals surface area contributed by atoms with Crippen LogP contribution in [0.25, 0.3) is 10.4 Å². The van der Waals surface area contributed by atoms with Crippen LogP contribution < -0.4 is 10.4 Å². The summed E-state index contributed by atoms with van der Waals surface area (Å²) in [5.41, 5.74) is 2.38. The van der Waals surface area contributed by atoms with Crippen molar-refractivity contribution in [3.05, 3.63) is 74.6 Å². The molecule has 4 rings (SSSR count). The number of rotatable bonds is 3. The Morgan fingerprint density at radius 2 is 1.86 bits per heavy atom. The lowest BCUT2D eigenvalue weighted by Crippen LogP contribution is -2.28. The van der Waals surface area contributed by atoms with Crippen molar-refractivity contribution < 1.29 is 0 Å². The maximum atomic E-state index is 12.9. The molecule has 29 heavy (non-hydrogen) atoms. The number of nitrogens with zero attached hydrogens (tertiary/aromatic N) is 4. The Labute approximate surface area is 174 Å². The lowest BCUT2D eigenvalue weighted by molar-refractivity contribution is 0.347. The van der Waals surface area contributed by atoms with Gasteiger partial charge in [-0.25, -0.2) is 0 Å². The second kappa shape index (κ2) is 8.22. The molecule has 0 radical (unpaired) electrons. The Morgan fingerprint density at radius 3 is 2.55 bits per heavy atom. The number of hydrogen-bond donors (Lipinski definition) is 0. The standard InChI is InChI=1S/C23H24N4OS/c1-16-13-17(2)27(22(28)20(16)14-24)25-23-26(19-11-7-4-8-12-19)15-21(29-23)18-9-5-3-6-10-18/h3,5-6,9-10,13,15,19H,4,7-8,11-12H2,1-2H3/b25-23-. The van der Waals surface area contributed by atoms with Gasteiger partial charge in [0, 0.05) is 17.9 Å². The molecule has 5 nitrogen and oxygen atoms in total. The zero-order valence-electron chi connectivity index (χ0n) is 16.8. The van der Waals surface area contributed by atoms with Crippen molar-refractivity contribution in [3.63, 3.8) is 0 Å². The van der Waals surface area contributed by atoms with Crippen LogP contribution in [-0.2, 0) is 0 Å². The van der Waals surface area contributed by atoms with Gasteiger partial charge in [0.15, 0.2) is 0 Å². The first-order valence-corrected chi connectivity index (χ1v) is 10.9. The first kappa shape index (κ1) is 19.4. The summed E-state index contributed by atoms with van der Waals surface area (Å²) in [6.45, 7) is 3.65. The highest BCUT2D eigenvalue weighted by molar-refractivity contribution is 7.12. The molecule has 0 bridgehead atoms. The number of aromatic nitrogens is 2. The molecule has 1 saturated carbocycles. The van der Waals surface area contributed by atoms with Crippen LogP contribution in [0.2, 0.25) is 0 Å². The number of benzene rings is 1. The third-order valence-electron chi connectivity index (χ3n) is 5.56. The maximum absolute atomic E-state index is 12.9. The Hall–Kier alpha value is -2.91. The normalized spacial score (nSPS) is 15.4. The van der Waals surface area contributed by atoms with Crippen LogP contribution in [0.4, 0.5) is 0 Å². The van der Waals surface area contributed by atoms with Crippen molar-refractivity contribution in [2.75, 3.05) is 0 Å². The SMILES string of the molecule is Cc1cc(C)n(/N=c2\sc(-c3ccccc3)cn2C2CCCCC2)c(=O)c1C#N. The molecule has 0 atom stereocenters. The average molecular weight is 405 g/mol. The molecule has 3 aromatic rings. The molecule has 0 spiro atoms. The molecule has 6 heteroatoms. The Morgan fingerprint density at radius 1 is 1.14 bits per heavy atom. The molecule has 0 N–H and O–H groups in total. The fraction of sp³-hybridized carbons (Fsp3) is 0.348. The predicted molar refractivity (Wildman–Crippen MR) is 116 cm³/mol. The van der Waals surface area contributed by atoms with Crippen molar-refractivity contribution in [2.24, 2.45) is 5.10 Å². The van der Waals surface area contributed by atoms with E-state index in [1.165, 1.54) is 23.9 Å². The van der Waals surface area contributed by atoms with Gasteiger partial charge in [0.2, 0.25) is 4.80 Å². The molecule has 1 aromatic carbocycles. The number of thiazole rings is 1. The van der Waals surface area contributed by atoms with Gasteiger partial charge in [-0.2, -0.15) is 9.94 Å². The van der Waals surface area contributed by atoms with Gasteiger partial charge >= 0.3 is 0 Å². The number of pyridine rings is 1. The molecule has 148 valence electrons. The highest BCUT2D eigenvalue weighted by Gasteiger charge is 2.19. The molecule has 2 heterocycles. The summed E-state index contributed by atoms with van der Waals surface area (Å²) in [5.74, 6) is 0. The highest BCUT2D eigenvalue weighted by Crippen LogP contribution is 2.30. The minimum atomic E-state index is -0.352. The van der Waals surface area contributed by atoms with E-state index >= 15 is 0 Å². The van der Waals surface area contributed by atoms with Crippen LogP contribution in [-0.4, -0.2) is 9.24 Å². The van der Waals surface area contributed by atoms with Gasteiger partial charge in [0.25, 0.3) is 5.56 Å². The third kappa shape index (κ3) is 3.83. The van der Waals surface area contributed by atoms with Crippen LogP contribution in [0.5, 0.6) is 0 Å². The first-order valence-electron chi connectivity index (χ1n) is 10.0. The molecule has 0 unspecified atom stereocenters. The molecule has 0 saturated heterocycles. The van der Waals surface area contributed by atoms with Crippen molar-refractivity contribution >= 4 is 11.3 Å². The predicted octanol–water partition coefficient (Wildman–Crippen LogP) is 4.74. The molecular formula is C23H24N4OS. The number of aryl methyl sites for hydroxylation is 2. The molecule has 2 aromatic heterocycles. The van der Waals surface area contributed by atoms with E-state index in [2.05, 4.69) is 22.9 Å². The zero-order valence-corrected chi connectivity index (χ0v) is 17.6. The smallest absolute Gasteiger partial charge is 0.289 e. The fourth-order valence-electron chi connectivity index (χ4n) is 4.01. The summed E-state index contributed by atoms with van der Waals surface area (Å²) in [4.78, 5) is 14.8. The van der Waals surface area contributed by atoms with Gasteiger partial charge in [0.1, 0.15) is 11.6 Å². The van der Waals surface area contributed by atoms with E-state index in [4.69, 9.17) is 5.10 Å². The van der Waals surface area contributed by atoms with Crippen LogP contribution in [0.3, 0.4) is 0 Å². The van der Waals surface area contributed by atoms with Gasteiger partial charge < -0.3 is 4.57 Å². The third-order valence-corrected chi connectivity index (χ3v) is 6.60. The fourth-order valence-corrected chi connectivity index (χ4v) is 5.06. The van der Waals surface area contributed by atoms with Crippen molar-refractivity contribution in [1.29, 1.82) is 5.26 Å². The quantitative estimate of drug-likeness (QED) is 0.633. The summed E-state index contributed by atoms with van der Waals surface area (Å²) >= 11 is 1.59. The lowest BCUT2D eigenvalue weighted by atomic mass is 9.95. The number of hydrogen-bond acceptors (Lipinski definition) is 4. The van der Waals surface area contributed by atoms with Crippen LogP contribution >= 0.6 is 11.3 Å². The molecular weight excluding hydrogens is 380 g/mol. The van der Waals surface area contributed by atoms with Gasteiger partial charge in [-0.15, -0.1) is 5.10 Å². The van der Waals surface area contributed by atoms with E-state index in [0.29, 0.717) is 11.6 Å². The topological polar surface area (TPSA) is 63.1 Å². The zero-order chi connectivity index (χ0) is 20.4. The Bertz CT molecular complexity index is 1190. The average Bonchev–Trinajstić information content (AvgIpc) is 3.16. The monoisotopic (exact) mass is 404 g/mol. The second-order valence-corrected chi connectivity index (χ2v) is 8.62. The van der Waals surface area contributed by atoms with Crippen LogP contribution in [0.1, 0.15) is 55.0 Å². The summed E-state index contributed by atoms with van der Waals surface area (Å²) < 4.78 is 3.62. The van der Waals surface area contributed by atoms with Crippen LogP contribution in [0.15, 0.2) is 52.5 Å². The van der Waals surface area contributed by atoms with Crippen LogP contribution in [0, 0.1) is 25.2 Å². The van der Waals surface area contributed by atoms with E-state index in [1.54, 1.807) is 18.3 Å². The second-order valence-electron chi connectivity index (χ2n) is 7.62. The molecule has 1 aliphatic rings. The Kier molecular flexibility index (Phi) is 5.50. The molecule has 0 amide bonds. The minimum Gasteiger partial charge on any atom is -0.319 e. The summed E-state index contributed by atoms with van der Waals surface area (Å²) in [6, 6.07) is 14.5. The first-order chi connectivity index (χ1) is 14.1. The van der Waals surface area contributed by atoms with E-state index in [-0.39, 0.29) is 11.1 Å². The summed E-state index contributed by atoms with van der Waals surface area (Å²) in [7, 11) is 0. The minimum absolute atomic E-state index is 0.156. The van der Waals surface area contributed by atoms with E-state index < -0.39 is 0 Å². The molecule has 0 aliphatic heterocycles. The lowest BCUT2D eigenvalue weighted by Gasteiger charge is -2.23. The highest BCUT2D eigenvalue weighted by atomic mass is 32.1. The number of nitriles is 1. The summed E-state index contributed by atoms with van der Waals surface area (Å²) in [6.07, 6.45) is 8.15. The van der Waals surface area contributed by atoms with E-state index in [9.17, 15) is 10.1 Å². The largest absolute Gasteiger partial charge is 0.319 e. The Balaban J connectivity index is 1.92. The van der Waals surface area contributed by atoms with Crippen molar-refractivity contribution in [3.8, 4) is 16.5 Å². The van der Waals surface area contributed by atoms with Gasteiger partial charge in [-0.1, -0.05) is 60.9 Å². The van der Waals surface area contributed by atoms with E-state index in [1.807, 2.05) is 37.3 Å². The van der Waals surface area contributed by atoms with Gasteiger partial charge in [-0.3, -0.25) is 4.79 Å². The van der Waals surface area contributed by atoms with E-state index in [0.717, 1.165) is 33.8 Å². The molecule has 1 aliphatic carbocycles. The van der Waals surface area contributed by atoms with Gasteiger partial charge in [-0.05, 0) is 43.9 Å². The van der Waals surface area contributed by atoms with Crippen molar-refractivity contribution in [2.45, 2.75) is 52.0 Å².